The largest absolute Gasteiger partial charge is 1.00 e. The molecule has 4 N–H and O–H groups in total. The van der Waals surface area contributed by atoms with Gasteiger partial charge in [0.05, 0.1) is 41.9 Å². The SMILES string of the molecule is O=C(Nc1ccc(O)cc1)c1ccc(O)cc1.O=C(Nc1ccc(OCCS(=O)(=O)[O-])cc1)c1ccc(OCCS(=O)(=O)[O-])cc1.O=S(=O)([O-])CCBr.[Na+].[Na+].[Na+]. The maximum Gasteiger partial charge on any atom is 1.00 e. The molecule has 0 aliphatic rings. The zero-order valence-corrected chi connectivity index (χ0v) is 40.3. The second-order valence-electron chi connectivity index (χ2n) is 10.2. The molecule has 56 heavy (non-hydrogen) atoms. The summed E-state index contributed by atoms with van der Waals surface area (Å²) in [6.07, 6.45) is 0. The first-order valence-electron chi connectivity index (χ1n) is 14.8. The van der Waals surface area contributed by atoms with Crippen molar-refractivity contribution in [3.05, 3.63) is 108 Å². The summed E-state index contributed by atoms with van der Waals surface area (Å²) in [7, 11) is -12.7. The van der Waals surface area contributed by atoms with E-state index in [-0.39, 0.29) is 130 Å². The van der Waals surface area contributed by atoms with Crippen LogP contribution in [0.1, 0.15) is 20.7 Å². The van der Waals surface area contributed by atoms with E-state index in [9.17, 15) is 48.5 Å². The molecule has 0 heterocycles. The number of amides is 2. The number of hydrogen-bond donors (Lipinski definition) is 4. The van der Waals surface area contributed by atoms with Gasteiger partial charge in [-0.3, -0.25) is 9.59 Å². The van der Waals surface area contributed by atoms with Crippen molar-refractivity contribution in [3.8, 4) is 23.0 Å². The average molecular weight is 930 g/mol. The molecule has 0 unspecified atom stereocenters. The van der Waals surface area contributed by atoms with Crippen LogP contribution in [-0.4, -0.2) is 96.7 Å². The number of carbonyl (C=O) groups is 2. The summed E-state index contributed by atoms with van der Waals surface area (Å²) in [5.74, 6) is -1.38. The van der Waals surface area contributed by atoms with Crippen molar-refractivity contribution in [1.82, 2.24) is 0 Å². The fraction of sp³-hybridized carbons (Fsp3) is 0.188. The number of anilines is 2. The van der Waals surface area contributed by atoms with Crippen molar-refractivity contribution in [2.24, 2.45) is 0 Å². The van der Waals surface area contributed by atoms with Gasteiger partial charge in [-0.05, 0) is 97.1 Å². The summed E-state index contributed by atoms with van der Waals surface area (Å²) in [4.78, 5) is 24.0. The van der Waals surface area contributed by atoms with Crippen LogP contribution in [0.25, 0.3) is 0 Å². The first kappa shape index (κ1) is 56.3. The number of alkyl halides is 1. The third kappa shape index (κ3) is 26.3. The van der Waals surface area contributed by atoms with Crippen LogP contribution >= 0.6 is 15.9 Å². The minimum absolute atomic E-state index is 0. The Kier molecular flexibility index (Phi) is 28.0. The minimum atomic E-state index is -4.35. The molecule has 4 aromatic carbocycles. The van der Waals surface area contributed by atoms with Gasteiger partial charge in [-0.1, -0.05) is 15.9 Å². The van der Waals surface area contributed by atoms with E-state index in [0.717, 1.165) is 0 Å². The van der Waals surface area contributed by atoms with Crippen LogP contribution in [0.2, 0.25) is 0 Å². The van der Waals surface area contributed by atoms with E-state index in [1.54, 1.807) is 24.3 Å². The van der Waals surface area contributed by atoms with Crippen LogP contribution in [0.3, 0.4) is 0 Å². The molecule has 4 aromatic rings. The summed E-state index contributed by atoms with van der Waals surface area (Å²) in [6, 6.07) is 24.1. The predicted octanol–water partition coefficient (Wildman–Crippen LogP) is -5.92. The van der Waals surface area contributed by atoms with Gasteiger partial charge in [0.15, 0.2) is 0 Å². The Hall–Kier alpha value is -1.77. The van der Waals surface area contributed by atoms with Crippen LogP contribution in [0, 0.1) is 0 Å². The molecular formula is C32H32BrN2Na3O15S3. The normalized spacial score (nSPS) is 10.5. The average Bonchev–Trinajstić information content (AvgIpc) is 3.06. The first-order valence-corrected chi connectivity index (χ1v) is 20.6. The van der Waals surface area contributed by atoms with E-state index in [1.165, 1.54) is 72.8 Å². The van der Waals surface area contributed by atoms with Gasteiger partial charge in [0.2, 0.25) is 0 Å². The van der Waals surface area contributed by atoms with Crippen molar-refractivity contribution >= 4 is 69.5 Å². The molecule has 4 rings (SSSR count). The summed E-state index contributed by atoms with van der Waals surface area (Å²) >= 11 is 2.81. The van der Waals surface area contributed by atoms with E-state index in [1.807, 2.05) is 0 Å². The fourth-order valence-corrected chi connectivity index (χ4v) is 5.47. The van der Waals surface area contributed by atoms with E-state index < -0.39 is 47.8 Å². The summed E-state index contributed by atoms with van der Waals surface area (Å²) in [6.45, 7) is -0.556. The Bertz CT molecular complexity index is 2110. The second-order valence-corrected chi connectivity index (χ2v) is 15.6. The molecule has 288 valence electrons. The Labute approximate surface area is 399 Å². The predicted molar refractivity (Wildman–Crippen MR) is 193 cm³/mol. The van der Waals surface area contributed by atoms with E-state index in [0.29, 0.717) is 34.0 Å². The number of benzene rings is 4. The summed E-state index contributed by atoms with van der Waals surface area (Å²) in [5.41, 5.74) is 1.83. The number of aromatic hydroxyl groups is 2. The Morgan fingerprint density at radius 3 is 1.11 bits per heavy atom. The van der Waals surface area contributed by atoms with Gasteiger partial charge in [-0.15, -0.1) is 0 Å². The van der Waals surface area contributed by atoms with Gasteiger partial charge in [0.25, 0.3) is 11.8 Å². The number of phenolic OH excluding ortho intramolecular Hbond substituents is 2. The van der Waals surface area contributed by atoms with E-state index in [4.69, 9.17) is 19.7 Å². The van der Waals surface area contributed by atoms with E-state index in [2.05, 4.69) is 26.6 Å². The second kappa shape index (κ2) is 27.8. The van der Waals surface area contributed by atoms with Crippen molar-refractivity contribution in [2.75, 3.05) is 46.4 Å². The Morgan fingerprint density at radius 2 is 0.804 bits per heavy atom. The molecule has 0 fully saturated rings. The molecule has 0 saturated carbocycles. The molecule has 0 aromatic heterocycles. The monoisotopic (exact) mass is 928 g/mol. The van der Waals surface area contributed by atoms with Crippen LogP contribution < -0.4 is 109 Å². The van der Waals surface area contributed by atoms with Crippen LogP contribution in [0.15, 0.2) is 97.1 Å². The third-order valence-corrected chi connectivity index (χ3v) is 8.97. The fourth-order valence-electron chi connectivity index (χ4n) is 3.52. The molecular weight excluding hydrogens is 897 g/mol. The Morgan fingerprint density at radius 1 is 0.518 bits per heavy atom. The quantitative estimate of drug-likeness (QED) is 0.0397. The summed E-state index contributed by atoms with van der Waals surface area (Å²) in [5, 5.41) is 23.7. The van der Waals surface area contributed by atoms with Crippen molar-refractivity contribution in [1.29, 1.82) is 0 Å². The molecule has 0 bridgehead atoms. The van der Waals surface area contributed by atoms with Crippen LogP contribution in [0.5, 0.6) is 23.0 Å². The smallest absolute Gasteiger partial charge is 0.748 e. The van der Waals surface area contributed by atoms with Crippen molar-refractivity contribution in [3.63, 3.8) is 0 Å². The number of ether oxygens (including phenoxy) is 2. The molecule has 0 aliphatic heterocycles. The standard InChI is InChI=1S/C17H19NO9S2.C13H11NO3.C2H5BrO3S.3Na/c19-17(13-1-5-15(6-2-13)26-9-11-28(20,21)22)18-14-3-7-16(8-4-14)27-10-12-29(23,24)25;15-11-5-1-9(2-6-11)13(17)14-10-3-7-12(16)8-4-10;3-1-2-7(4,5)6;;;/h1-8H,9-12H2,(H,18,19)(H,20,21,22)(H,23,24,25);1-8,15-16H,(H,14,17);1-2H2,(H,4,5,6);;;/q;;;3*+1/p-3. The van der Waals surface area contributed by atoms with Gasteiger partial charge >= 0.3 is 88.7 Å². The maximum atomic E-state index is 12.2. The van der Waals surface area contributed by atoms with Crippen LogP contribution in [0.4, 0.5) is 11.4 Å². The third-order valence-electron chi connectivity index (χ3n) is 6.01. The number of hydrogen-bond acceptors (Lipinski definition) is 15. The zero-order chi connectivity index (χ0) is 39.7. The van der Waals surface area contributed by atoms with Crippen molar-refractivity contribution in [2.45, 2.75) is 0 Å². The van der Waals surface area contributed by atoms with Gasteiger partial charge in [0.1, 0.15) is 36.2 Å². The van der Waals surface area contributed by atoms with Gasteiger partial charge < -0.3 is 44.0 Å². The molecule has 0 aliphatic carbocycles. The molecule has 24 heteroatoms. The van der Waals surface area contributed by atoms with Gasteiger partial charge in [-0.2, -0.15) is 0 Å². The molecule has 0 saturated heterocycles. The maximum absolute atomic E-state index is 12.2. The first-order chi connectivity index (χ1) is 24.7. The molecule has 0 radical (unpaired) electrons. The zero-order valence-electron chi connectivity index (χ0n) is 30.3. The number of carbonyl (C=O) groups excluding carboxylic acids is 2. The minimum Gasteiger partial charge on any atom is -0.748 e. The number of nitrogens with one attached hydrogen (secondary N) is 2. The number of halogens is 1. The van der Waals surface area contributed by atoms with Crippen LogP contribution in [-0.2, 0) is 30.4 Å². The van der Waals surface area contributed by atoms with E-state index >= 15 is 0 Å². The molecule has 17 nitrogen and oxygen atoms in total. The van der Waals surface area contributed by atoms with Gasteiger partial charge in [-0.25, -0.2) is 25.3 Å². The number of phenols is 2. The number of rotatable bonds is 14. The van der Waals surface area contributed by atoms with Gasteiger partial charge in [0, 0.05) is 33.6 Å². The summed E-state index contributed by atoms with van der Waals surface area (Å²) < 4.78 is 102. The Balaban J connectivity index is 0. The molecule has 2 amide bonds. The topological polar surface area (TPSA) is 289 Å². The molecule has 0 spiro atoms. The van der Waals surface area contributed by atoms with Crippen molar-refractivity contribution < 1.29 is 157 Å². The molecule has 0 atom stereocenters.